The third kappa shape index (κ3) is 21.7. The van der Waals surface area contributed by atoms with Crippen LogP contribution in [-0.4, -0.2) is 247 Å². The number of phenols is 2. The van der Waals surface area contributed by atoms with E-state index in [1.165, 1.54) is 80.7 Å². The second-order valence-corrected chi connectivity index (χ2v) is 27.5. The third-order valence-electron chi connectivity index (χ3n) is 19.1. The number of nitrogens with one attached hydrogen (secondary N) is 9. The first kappa shape index (κ1) is 87.7. The number of aliphatic hydroxyl groups excluding tert-OH is 7. The Balaban J connectivity index is 1.46. The number of rotatable bonds is 16. The molecule has 37 nitrogen and oxygen atoms in total. The minimum Gasteiger partial charge on any atom is -0.507 e. The van der Waals surface area contributed by atoms with E-state index in [4.69, 9.17) is 29.4 Å². The second-order valence-electron chi connectivity index (χ2n) is 27.5. The number of esters is 1. The molecule has 107 heavy (non-hydrogen) atoms. The molecule has 1 saturated heterocycles. The summed E-state index contributed by atoms with van der Waals surface area (Å²) in [6.07, 6.45) is -7.32. The molecule has 20 atom stereocenters. The molecule has 6 rings (SSSR count). The smallest absolute Gasteiger partial charge is 0.312 e. The lowest BCUT2D eigenvalue weighted by Gasteiger charge is -2.38. The minimum atomic E-state index is -2.55. The molecule has 4 aliphatic rings. The van der Waals surface area contributed by atoms with E-state index >= 15 is 0 Å². The Kier molecular flexibility index (Phi) is 31.2. The molecule has 10 amide bonds. The number of hydrogen-bond acceptors (Lipinski definition) is 27. The predicted molar refractivity (Wildman–Crippen MR) is 375 cm³/mol. The number of carbonyl (C=O) groups is 13. The molecular formula is C70H100N10O27. The van der Waals surface area contributed by atoms with E-state index in [1.807, 2.05) is 5.32 Å². The summed E-state index contributed by atoms with van der Waals surface area (Å²) in [5, 5.41) is 120. The molecule has 0 spiro atoms. The van der Waals surface area contributed by atoms with Crippen LogP contribution in [0.25, 0.3) is 10.8 Å². The SMILES string of the molecule is CO[C@H]1/C=C/O[C@@]2(C)Oc3c(C)c(O)c4c(O)c(cc(OCC(=O)NC(C)C(C)C(=O)NCC5NC(=O)CNC(=O)C(O)CNC(=O)C(C(C)O)NC(=O)C(C(O)C(O)C(N)=O)NC(=O)C(C(C)C)CC(=O)C(CO)NC5=O)c4c3C2=O)NC(=O)/C(C)=C\C=C\C(C)[C@H](O)[C@@H](C)[C@@H](O)[C@@H](C)C(OC(C)=O)[C@@H]1C. The molecule has 0 radical (unpaired) electrons. The lowest BCUT2D eigenvalue weighted by Crippen LogP contribution is -2.63. The molecule has 37 heteroatoms. The molecule has 2 aromatic carbocycles. The predicted octanol–water partition coefficient (Wildman–Crippen LogP) is -3.96. The van der Waals surface area contributed by atoms with Crippen LogP contribution in [-0.2, 0) is 71.7 Å². The Morgan fingerprint density at radius 1 is 0.776 bits per heavy atom. The zero-order valence-corrected chi connectivity index (χ0v) is 61.7. The molecule has 0 saturated carbocycles. The van der Waals surface area contributed by atoms with Gasteiger partial charge in [-0.05, 0) is 39.7 Å². The van der Waals surface area contributed by atoms with Crippen molar-refractivity contribution in [3.05, 3.63) is 53.3 Å². The molecule has 1 fully saturated rings. The molecule has 4 heterocycles. The Hall–Kier alpha value is -9.89. The maximum atomic E-state index is 14.9. The van der Waals surface area contributed by atoms with Gasteiger partial charge in [0.25, 0.3) is 23.5 Å². The number of aliphatic hydroxyl groups is 7. The largest absolute Gasteiger partial charge is 0.507 e. The summed E-state index contributed by atoms with van der Waals surface area (Å²) in [6.45, 7) is 13.5. The van der Waals surface area contributed by atoms with Gasteiger partial charge in [0.05, 0.1) is 72.9 Å². The maximum Gasteiger partial charge on any atom is 0.312 e. The van der Waals surface area contributed by atoms with Crippen LogP contribution < -0.4 is 63.1 Å². The fourth-order valence-corrected chi connectivity index (χ4v) is 12.1. The zero-order valence-electron chi connectivity index (χ0n) is 61.7. The highest BCUT2D eigenvalue weighted by atomic mass is 16.7. The molecule has 5 bridgehead atoms. The summed E-state index contributed by atoms with van der Waals surface area (Å²) in [4.78, 5) is 177. The van der Waals surface area contributed by atoms with Gasteiger partial charge in [-0.25, -0.2) is 0 Å². The minimum absolute atomic E-state index is 0.0313. The number of carbonyl (C=O) groups excluding carboxylic acids is 13. The van der Waals surface area contributed by atoms with E-state index in [0.717, 1.165) is 19.3 Å². The van der Waals surface area contributed by atoms with Gasteiger partial charge in [0.1, 0.15) is 59.7 Å². The topological polar surface area (TPSA) is 584 Å². The first-order valence-electron chi connectivity index (χ1n) is 34.4. The van der Waals surface area contributed by atoms with Crippen molar-refractivity contribution in [2.75, 3.05) is 45.3 Å². The number of β-amino-alcohol motifs (C(OH)–C–C–N with tert-alkyl or cyclic N) is 1. The molecule has 0 aromatic heterocycles. The monoisotopic (exact) mass is 1510 g/mol. The van der Waals surface area contributed by atoms with Gasteiger partial charge >= 0.3 is 11.8 Å². The number of benzene rings is 2. The summed E-state index contributed by atoms with van der Waals surface area (Å²) in [5.74, 6) is -25.6. The molecule has 592 valence electrons. The number of ether oxygens (including phenoxy) is 5. The maximum absolute atomic E-state index is 14.9. The van der Waals surface area contributed by atoms with Gasteiger partial charge in [0.2, 0.25) is 41.4 Å². The number of hydrogen-bond donors (Lipinski definition) is 19. The number of Topliss-reactive ketones (excluding diaryl/α,β-unsaturated/α-hetero) is 2. The summed E-state index contributed by atoms with van der Waals surface area (Å²) >= 11 is 0. The van der Waals surface area contributed by atoms with Crippen molar-refractivity contribution in [2.24, 2.45) is 47.2 Å². The van der Waals surface area contributed by atoms with E-state index in [9.17, 15) is 108 Å². The van der Waals surface area contributed by atoms with Crippen LogP contribution in [0.2, 0.25) is 0 Å². The van der Waals surface area contributed by atoms with Gasteiger partial charge in [-0.1, -0.05) is 66.7 Å². The Bertz CT molecular complexity index is 3790. The highest BCUT2D eigenvalue weighted by Crippen LogP contribution is 2.54. The first-order valence-corrected chi connectivity index (χ1v) is 34.4. The number of allylic oxidation sites excluding steroid dienone is 2. The van der Waals surface area contributed by atoms with Crippen molar-refractivity contribution in [1.82, 2.24) is 42.5 Å². The lowest BCUT2D eigenvalue weighted by molar-refractivity contribution is -0.160. The Morgan fingerprint density at radius 2 is 1.42 bits per heavy atom. The van der Waals surface area contributed by atoms with Crippen molar-refractivity contribution >= 4 is 93.1 Å². The van der Waals surface area contributed by atoms with E-state index in [-0.39, 0.29) is 27.8 Å². The van der Waals surface area contributed by atoms with Crippen LogP contribution in [0.15, 0.2) is 42.2 Å². The normalized spacial score (nSPS) is 29.8. The number of methoxy groups -OCH3 is 1. The summed E-state index contributed by atoms with van der Waals surface area (Å²) in [7, 11) is 1.36. The van der Waals surface area contributed by atoms with Gasteiger partial charge in [0, 0.05) is 92.1 Å². The Labute approximate surface area is 615 Å². The number of fused-ring (bicyclic) bond motifs is 14. The van der Waals surface area contributed by atoms with E-state index in [2.05, 4.69) is 42.5 Å². The average Bonchev–Trinajstić information content (AvgIpc) is 1.60. The zero-order chi connectivity index (χ0) is 80.7. The van der Waals surface area contributed by atoms with Crippen molar-refractivity contribution in [3.63, 3.8) is 0 Å². The highest BCUT2D eigenvalue weighted by Gasteiger charge is 2.50. The van der Waals surface area contributed by atoms with Crippen LogP contribution in [0.5, 0.6) is 23.0 Å². The number of amides is 10. The third-order valence-corrected chi connectivity index (χ3v) is 19.1. The van der Waals surface area contributed by atoms with E-state index in [1.54, 1.807) is 33.8 Å². The fraction of sp³-hybridized carbons (Fsp3) is 0.586. The quantitative estimate of drug-likeness (QED) is 0.0563. The molecule has 2 aromatic rings. The van der Waals surface area contributed by atoms with Crippen molar-refractivity contribution in [1.29, 1.82) is 0 Å². The van der Waals surface area contributed by atoms with Gasteiger partial charge in [0.15, 0.2) is 24.2 Å². The summed E-state index contributed by atoms with van der Waals surface area (Å²) < 4.78 is 29.9. The number of nitrogens with two attached hydrogens (primary N) is 1. The average molecular weight is 1510 g/mol. The van der Waals surface area contributed by atoms with Gasteiger partial charge in [-0.3, -0.25) is 62.3 Å². The summed E-state index contributed by atoms with van der Waals surface area (Å²) in [6, 6.07) is -8.22. The van der Waals surface area contributed by atoms with Crippen molar-refractivity contribution < 1.29 is 132 Å². The number of primary amides is 1. The van der Waals surface area contributed by atoms with Crippen molar-refractivity contribution in [2.45, 2.75) is 181 Å². The number of phenolic OH excluding ortho intramolecular Hbond substituents is 2. The lowest BCUT2D eigenvalue weighted by atomic mass is 9.78. The fourth-order valence-electron chi connectivity index (χ4n) is 12.1. The molecule has 13 unspecified atom stereocenters. The van der Waals surface area contributed by atoms with Crippen LogP contribution in [0.3, 0.4) is 0 Å². The first-order chi connectivity index (χ1) is 49.9. The molecule has 0 aliphatic carbocycles. The Morgan fingerprint density at radius 3 is 2.02 bits per heavy atom. The van der Waals surface area contributed by atoms with Gasteiger partial charge in [-0.15, -0.1) is 0 Å². The standard InChI is InChI=1S/C70H100N10O27/c1-27(2)38-20-42(84)41(25-81)78-66(99)40(76-46(86)24-74-67(100)43(85)23-73-68(101)51(36(11)82)79-69(102)52(80-65(38)98)57(92)58(93)62(71)95)22-72-64(97)30(5)35(10)75-47(87)26-104-45-21-39-56(91)49-48(45)50-60(34(9)55(49)90)107-70(13,61(50)94)105-19-18-44(103-14)31(6)59(106-37(12)83)33(8)54(89)32(7)53(88)28(3)16-15-17-29(4)63(96)77-39/h15-19,21,27-28,30-33,35-36,38,40-41,43-44,51-54,57-59,81-82,85,88-93H,20,22-26H2,1-14H3,(H2,71,95)(H,72,97)(H,73,101)(H,74,100)(H,75,87)(H,76,86)(H,77,96)(H,78,99)(H,79,102)(H,80,98)/b16-15+,19-18+,29-17-/t28?,30?,31-,32-,33-,35?,36?,38?,40?,41?,43?,44+,51?,52?,53+,54-,57?,58?,59?,70+/m1/s1. The van der Waals surface area contributed by atoms with E-state index in [0.29, 0.717) is 0 Å². The van der Waals surface area contributed by atoms with Gasteiger partial charge in [-0.2, -0.15) is 0 Å². The van der Waals surface area contributed by atoms with Crippen LogP contribution in [0, 0.1) is 48.3 Å². The number of ketones is 2. The highest BCUT2D eigenvalue weighted by molar-refractivity contribution is 6.21. The number of aromatic hydroxyl groups is 2. The van der Waals surface area contributed by atoms with Crippen LogP contribution in [0.1, 0.15) is 105 Å². The molecule has 20 N–H and O–H groups in total. The van der Waals surface area contributed by atoms with Crippen molar-refractivity contribution in [3.8, 4) is 23.0 Å². The molecule has 4 aliphatic heterocycles. The second kappa shape index (κ2) is 38.1. The van der Waals surface area contributed by atoms with Gasteiger partial charge < -0.3 is 123 Å². The summed E-state index contributed by atoms with van der Waals surface area (Å²) in [5.41, 5.74) is 4.35. The number of anilines is 1. The molecular weight excluding hydrogens is 1410 g/mol. The van der Waals surface area contributed by atoms with Crippen LogP contribution in [0.4, 0.5) is 5.69 Å². The van der Waals surface area contributed by atoms with Crippen LogP contribution >= 0.6 is 0 Å². The van der Waals surface area contributed by atoms with E-state index < -0.39 is 270 Å².